The lowest BCUT2D eigenvalue weighted by Crippen LogP contribution is -2.53. The SMILES string of the molecule is NC1(CNCc2ccc(Br)cc2)CCC1. The lowest BCUT2D eigenvalue weighted by Gasteiger charge is -2.38. The van der Waals surface area contributed by atoms with Gasteiger partial charge in [-0.05, 0) is 37.0 Å². The Labute approximate surface area is 99.4 Å². The van der Waals surface area contributed by atoms with Crippen molar-refractivity contribution in [2.75, 3.05) is 6.54 Å². The second-order valence-electron chi connectivity index (χ2n) is 4.45. The maximum absolute atomic E-state index is 6.12. The number of benzene rings is 1. The fourth-order valence-corrected chi connectivity index (χ4v) is 2.13. The van der Waals surface area contributed by atoms with Crippen LogP contribution < -0.4 is 11.1 Å². The van der Waals surface area contributed by atoms with E-state index in [9.17, 15) is 0 Å². The van der Waals surface area contributed by atoms with E-state index in [1.807, 2.05) is 0 Å². The molecule has 2 rings (SSSR count). The number of rotatable bonds is 4. The Hall–Kier alpha value is -0.380. The van der Waals surface area contributed by atoms with E-state index in [2.05, 4.69) is 45.5 Å². The molecule has 0 spiro atoms. The highest BCUT2D eigenvalue weighted by atomic mass is 79.9. The lowest BCUT2D eigenvalue weighted by molar-refractivity contribution is 0.239. The van der Waals surface area contributed by atoms with E-state index in [1.165, 1.54) is 24.8 Å². The smallest absolute Gasteiger partial charge is 0.0281 e. The Morgan fingerprint density at radius 1 is 1.27 bits per heavy atom. The fraction of sp³-hybridized carbons (Fsp3) is 0.500. The number of nitrogens with one attached hydrogen (secondary N) is 1. The predicted octanol–water partition coefficient (Wildman–Crippen LogP) is 2.42. The van der Waals surface area contributed by atoms with E-state index in [0.717, 1.165) is 17.6 Å². The highest BCUT2D eigenvalue weighted by molar-refractivity contribution is 9.10. The Balaban J connectivity index is 1.76. The number of hydrogen-bond donors (Lipinski definition) is 2. The molecule has 0 radical (unpaired) electrons. The molecule has 1 aliphatic carbocycles. The largest absolute Gasteiger partial charge is 0.324 e. The summed E-state index contributed by atoms with van der Waals surface area (Å²) < 4.78 is 1.13. The zero-order valence-corrected chi connectivity index (χ0v) is 10.4. The van der Waals surface area contributed by atoms with Crippen LogP contribution in [0.3, 0.4) is 0 Å². The maximum Gasteiger partial charge on any atom is 0.0281 e. The number of halogens is 1. The molecular formula is C12H17BrN2. The predicted molar refractivity (Wildman–Crippen MR) is 66.6 cm³/mol. The van der Waals surface area contributed by atoms with E-state index in [0.29, 0.717) is 0 Å². The monoisotopic (exact) mass is 268 g/mol. The topological polar surface area (TPSA) is 38.0 Å². The van der Waals surface area contributed by atoms with Crippen molar-refractivity contribution >= 4 is 15.9 Å². The molecule has 0 amide bonds. The molecule has 1 aliphatic rings. The average molecular weight is 269 g/mol. The maximum atomic E-state index is 6.12. The van der Waals surface area contributed by atoms with Crippen molar-refractivity contribution in [3.63, 3.8) is 0 Å². The molecule has 0 heterocycles. The van der Waals surface area contributed by atoms with Crippen molar-refractivity contribution in [3.8, 4) is 0 Å². The summed E-state index contributed by atoms with van der Waals surface area (Å²) in [4.78, 5) is 0. The molecule has 1 aromatic rings. The first-order valence-electron chi connectivity index (χ1n) is 5.42. The van der Waals surface area contributed by atoms with Crippen molar-refractivity contribution in [1.82, 2.24) is 5.32 Å². The van der Waals surface area contributed by atoms with Crippen LogP contribution in [0.25, 0.3) is 0 Å². The van der Waals surface area contributed by atoms with Gasteiger partial charge in [0.2, 0.25) is 0 Å². The quantitative estimate of drug-likeness (QED) is 0.881. The highest BCUT2D eigenvalue weighted by Gasteiger charge is 2.31. The summed E-state index contributed by atoms with van der Waals surface area (Å²) in [6, 6.07) is 8.39. The van der Waals surface area contributed by atoms with Gasteiger partial charge in [0.1, 0.15) is 0 Å². The van der Waals surface area contributed by atoms with Crippen LogP contribution >= 0.6 is 15.9 Å². The molecular weight excluding hydrogens is 252 g/mol. The van der Waals surface area contributed by atoms with E-state index < -0.39 is 0 Å². The molecule has 0 atom stereocenters. The van der Waals surface area contributed by atoms with Gasteiger partial charge in [0, 0.05) is 23.1 Å². The van der Waals surface area contributed by atoms with Crippen molar-refractivity contribution in [1.29, 1.82) is 0 Å². The van der Waals surface area contributed by atoms with Gasteiger partial charge >= 0.3 is 0 Å². The van der Waals surface area contributed by atoms with Gasteiger partial charge in [-0.25, -0.2) is 0 Å². The Morgan fingerprint density at radius 2 is 1.93 bits per heavy atom. The van der Waals surface area contributed by atoms with E-state index in [-0.39, 0.29) is 5.54 Å². The van der Waals surface area contributed by atoms with Crippen LogP contribution in [-0.2, 0) is 6.54 Å². The molecule has 3 heteroatoms. The molecule has 1 saturated carbocycles. The van der Waals surface area contributed by atoms with Crippen LogP contribution in [0, 0.1) is 0 Å². The summed E-state index contributed by atoms with van der Waals surface area (Å²) in [6.45, 7) is 1.84. The summed E-state index contributed by atoms with van der Waals surface area (Å²) in [5.74, 6) is 0. The standard InChI is InChI=1S/C12H17BrN2/c13-11-4-2-10(3-5-11)8-15-9-12(14)6-1-7-12/h2-5,15H,1,6-9,14H2. The minimum Gasteiger partial charge on any atom is -0.324 e. The van der Waals surface area contributed by atoms with Crippen molar-refractivity contribution in [2.24, 2.45) is 5.73 Å². The summed E-state index contributed by atoms with van der Waals surface area (Å²) >= 11 is 3.43. The molecule has 0 aromatic heterocycles. The lowest BCUT2D eigenvalue weighted by atomic mass is 9.78. The number of hydrogen-bond acceptors (Lipinski definition) is 2. The molecule has 1 aromatic carbocycles. The van der Waals surface area contributed by atoms with Gasteiger partial charge in [-0.15, -0.1) is 0 Å². The molecule has 0 unspecified atom stereocenters. The first-order valence-corrected chi connectivity index (χ1v) is 6.21. The summed E-state index contributed by atoms with van der Waals surface area (Å²) in [5, 5.41) is 3.42. The summed E-state index contributed by atoms with van der Waals surface area (Å²) in [6.07, 6.45) is 3.62. The van der Waals surface area contributed by atoms with Crippen molar-refractivity contribution in [2.45, 2.75) is 31.3 Å². The van der Waals surface area contributed by atoms with Crippen LogP contribution in [0.15, 0.2) is 28.7 Å². The van der Waals surface area contributed by atoms with Crippen molar-refractivity contribution in [3.05, 3.63) is 34.3 Å². The molecule has 3 N–H and O–H groups in total. The first kappa shape index (κ1) is 11.1. The molecule has 0 bridgehead atoms. The Bertz CT molecular complexity index is 317. The van der Waals surface area contributed by atoms with E-state index in [4.69, 9.17) is 5.73 Å². The highest BCUT2D eigenvalue weighted by Crippen LogP contribution is 2.28. The van der Waals surface area contributed by atoms with Crippen LogP contribution in [0.2, 0.25) is 0 Å². The van der Waals surface area contributed by atoms with E-state index >= 15 is 0 Å². The fourth-order valence-electron chi connectivity index (χ4n) is 1.87. The average Bonchev–Trinajstić information content (AvgIpc) is 2.19. The van der Waals surface area contributed by atoms with Crippen LogP contribution in [-0.4, -0.2) is 12.1 Å². The molecule has 15 heavy (non-hydrogen) atoms. The second kappa shape index (κ2) is 4.64. The van der Waals surface area contributed by atoms with Crippen LogP contribution in [0.5, 0.6) is 0 Å². The molecule has 0 aliphatic heterocycles. The summed E-state index contributed by atoms with van der Waals surface area (Å²) in [7, 11) is 0. The van der Waals surface area contributed by atoms with Gasteiger partial charge in [-0.2, -0.15) is 0 Å². The van der Waals surface area contributed by atoms with Gasteiger partial charge in [-0.3, -0.25) is 0 Å². The Morgan fingerprint density at radius 3 is 2.47 bits per heavy atom. The third-order valence-corrected chi connectivity index (χ3v) is 3.60. The minimum absolute atomic E-state index is 0.0787. The minimum atomic E-state index is 0.0787. The summed E-state index contributed by atoms with van der Waals surface area (Å²) in [5.41, 5.74) is 7.51. The molecule has 2 nitrogen and oxygen atoms in total. The zero-order chi connectivity index (χ0) is 10.7. The zero-order valence-electron chi connectivity index (χ0n) is 8.80. The third-order valence-electron chi connectivity index (χ3n) is 3.07. The van der Waals surface area contributed by atoms with Gasteiger partial charge in [0.15, 0.2) is 0 Å². The molecule has 82 valence electrons. The van der Waals surface area contributed by atoms with Crippen molar-refractivity contribution < 1.29 is 0 Å². The van der Waals surface area contributed by atoms with Gasteiger partial charge in [-0.1, -0.05) is 28.1 Å². The van der Waals surface area contributed by atoms with Crippen LogP contribution in [0.1, 0.15) is 24.8 Å². The molecule has 1 fully saturated rings. The van der Waals surface area contributed by atoms with Crippen LogP contribution in [0.4, 0.5) is 0 Å². The third kappa shape index (κ3) is 3.03. The van der Waals surface area contributed by atoms with Gasteiger partial charge < -0.3 is 11.1 Å². The molecule has 0 saturated heterocycles. The Kier molecular flexibility index (Phi) is 3.44. The van der Waals surface area contributed by atoms with Gasteiger partial charge in [0.05, 0.1) is 0 Å². The first-order chi connectivity index (χ1) is 7.18. The number of nitrogens with two attached hydrogens (primary N) is 1. The van der Waals surface area contributed by atoms with Gasteiger partial charge in [0.25, 0.3) is 0 Å². The van der Waals surface area contributed by atoms with E-state index in [1.54, 1.807) is 0 Å². The normalized spacial score (nSPS) is 18.5. The second-order valence-corrected chi connectivity index (χ2v) is 5.36.